The number of hydrogen-bond acceptors (Lipinski definition) is 3. The summed E-state index contributed by atoms with van der Waals surface area (Å²) in [5.74, 6) is -0.335. The van der Waals surface area contributed by atoms with Crippen molar-refractivity contribution < 1.29 is 9.59 Å². The van der Waals surface area contributed by atoms with Crippen LogP contribution < -0.4 is 16.2 Å². The quantitative estimate of drug-likeness (QED) is 0.667. The fourth-order valence-electron chi connectivity index (χ4n) is 1.90. The Morgan fingerprint density at radius 2 is 2.24 bits per heavy atom. The Morgan fingerprint density at radius 3 is 2.94 bits per heavy atom. The van der Waals surface area contributed by atoms with Crippen LogP contribution in [0.3, 0.4) is 0 Å². The summed E-state index contributed by atoms with van der Waals surface area (Å²) in [6.07, 6.45) is 0.392. The maximum atomic E-state index is 11.7. The monoisotopic (exact) mass is 233 g/mol. The Balaban J connectivity index is 2.21. The molecule has 0 bridgehead atoms. The van der Waals surface area contributed by atoms with Gasteiger partial charge in [-0.3, -0.25) is 15.0 Å². The van der Waals surface area contributed by atoms with E-state index in [0.717, 1.165) is 16.8 Å². The number of fused-ring (bicyclic) bond motifs is 1. The lowest BCUT2D eigenvalue weighted by molar-refractivity contribution is -0.123. The number of benzene rings is 1. The standard InChI is InChI=1S/C12H15N3O2/c1-7(12(17)15-13-2)8-3-4-10-9(5-8)6-11(16)14-10/h3-5,7,13H,6H2,1-2H3,(H,14,16)(H,15,17). The molecule has 0 saturated heterocycles. The molecular formula is C12H15N3O2. The normalized spacial score (nSPS) is 15.1. The molecule has 0 fully saturated rings. The fraction of sp³-hybridized carbons (Fsp3) is 0.333. The summed E-state index contributed by atoms with van der Waals surface area (Å²) < 4.78 is 0. The smallest absolute Gasteiger partial charge is 0.241 e. The van der Waals surface area contributed by atoms with Crippen LogP contribution in [-0.2, 0) is 16.0 Å². The Morgan fingerprint density at radius 1 is 1.47 bits per heavy atom. The van der Waals surface area contributed by atoms with Gasteiger partial charge < -0.3 is 5.32 Å². The number of anilines is 1. The van der Waals surface area contributed by atoms with Gasteiger partial charge in [0, 0.05) is 12.7 Å². The molecule has 2 amide bonds. The van der Waals surface area contributed by atoms with Gasteiger partial charge in [-0.25, -0.2) is 5.43 Å². The van der Waals surface area contributed by atoms with E-state index >= 15 is 0 Å². The molecule has 1 unspecified atom stereocenters. The molecule has 1 heterocycles. The number of amides is 2. The Hall–Kier alpha value is -1.88. The summed E-state index contributed by atoms with van der Waals surface area (Å²) >= 11 is 0. The van der Waals surface area contributed by atoms with Crippen molar-refractivity contribution >= 4 is 17.5 Å². The second-order valence-electron chi connectivity index (χ2n) is 4.10. The molecule has 1 aromatic carbocycles. The van der Waals surface area contributed by atoms with E-state index in [1.165, 1.54) is 0 Å². The van der Waals surface area contributed by atoms with Crippen LogP contribution in [0.4, 0.5) is 5.69 Å². The maximum absolute atomic E-state index is 11.7. The number of hydrogen-bond donors (Lipinski definition) is 3. The molecule has 17 heavy (non-hydrogen) atoms. The van der Waals surface area contributed by atoms with Crippen LogP contribution in [-0.4, -0.2) is 18.9 Å². The van der Waals surface area contributed by atoms with Crippen molar-refractivity contribution in [2.24, 2.45) is 0 Å². The SMILES string of the molecule is CNNC(=O)C(C)c1ccc2c(c1)CC(=O)N2. The van der Waals surface area contributed by atoms with E-state index in [4.69, 9.17) is 0 Å². The zero-order chi connectivity index (χ0) is 12.4. The average molecular weight is 233 g/mol. The molecule has 3 N–H and O–H groups in total. The molecule has 5 heteroatoms. The van der Waals surface area contributed by atoms with Crippen molar-refractivity contribution in [3.8, 4) is 0 Å². The van der Waals surface area contributed by atoms with E-state index in [0.29, 0.717) is 6.42 Å². The molecule has 0 aromatic heterocycles. The third kappa shape index (κ3) is 2.29. The van der Waals surface area contributed by atoms with Crippen LogP contribution in [0.5, 0.6) is 0 Å². The highest BCUT2D eigenvalue weighted by atomic mass is 16.2. The Kier molecular flexibility index (Phi) is 3.10. The van der Waals surface area contributed by atoms with E-state index in [1.54, 1.807) is 7.05 Å². The Bertz CT molecular complexity index is 471. The predicted molar refractivity (Wildman–Crippen MR) is 64.4 cm³/mol. The first-order valence-corrected chi connectivity index (χ1v) is 5.51. The van der Waals surface area contributed by atoms with Crippen LogP contribution in [0.15, 0.2) is 18.2 Å². The van der Waals surface area contributed by atoms with Crippen LogP contribution in [0, 0.1) is 0 Å². The molecule has 0 radical (unpaired) electrons. The molecule has 1 atom stereocenters. The molecule has 1 aromatic rings. The minimum atomic E-state index is -0.247. The van der Waals surface area contributed by atoms with Gasteiger partial charge in [0.15, 0.2) is 0 Å². The van der Waals surface area contributed by atoms with Crippen molar-refractivity contribution in [2.75, 3.05) is 12.4 Å². The minimum Gasteiger partial charge on any atom is -0.326 e. The van der Waals surface area contributed by atoms with Gasteiger partial charge in [0.05, 0.1) is 12.3 Å². The number of hydrazine groups is 1. The topological polar surface area (TPSA) is 70.2 Å². The highest BCUT2D eigenvalue weighted by Crippen LogP contribution is 2.27. The van der Waals surface area contributed by atoms with E-state index < -0.39 is 0 Å². The van der Waals surface area contributed by atoms with Crippen LogP contribution in [0.25, 0.3) is 0 Å². The van der Waals surface area contributed by atoms with Crippen molar-refractivity contribution in [2.45, 2.75) is 19.3 Å². The summed E-state index contributed by atoms with van der Waals surface area (Å²) in [7, 11) is 1.65. The van der Waals surface area contributed by atoms with Crippen molar-refractivity contribution in [3.63, 3.8) is 0 Å². The van der Waals surface area contributed by atoms with Gasteiger partial charge in [0.2, 0.25) is 11.8 Å². The van der Waals surface area contributed by atoms with E-state index in [1.807, 2.05) is 25.1 Å². The lowest BCUT2D eigenvalue weighted by Gasteiger charge is -2.12. The molecule has 0 saturated carbocycles. The Labute approximate surface area is 99.6 Å². The maximum Gasteiger partial charge on any atom is 0.241 e. The lowest BCUT2D eigenvalue weighted by Crippen LogP contribution is -2.37. The van der Waals surface area contributed by atoms with Crippen LogP contribution >= 0.6 is 0 Å². The number of carbonyl (C=O) groups excluding carboxylic acids is 2. The zero-order valence-corrected chi connectivity index (χ0v) is 9.83. The van der Waals surface area contributed by atoms with Gasteiger partial charge in [-0.1, -0.05) is 12.1 Å². The first-order chi connectivity index (χ1) is 8.11. The molecule has 90 valence electrons. The summed E-state index contributed by atoms with van der Waals surface area (Å²) in [4.78, 5) is 22.9. The molecule has 2 rings (SSSR count). The van der Waals surface area contributed by atoms with Crippen molar-refractivity contribution in [1.82, 2.24) is 10.9 Å². The summed E-state index contributed by atoms with van der Waals surface area (Å²) in [6, 6.07) is 5.62. The summed E-state index contributed by atoms with van der Waals surface area (Å²) in [5, 5.41) is 2.77. The summed E-state index contributed by atoms with van der Waals surface area (Å²) in [6.45, 7) is 1.83. The van der Waals surface area contributed by atoms with Gasteiger partial charge >= 0.3 is 0 Å². The summed E-state index contributed by atoms with van der Waals surface area (Å²) in [5.41, 5.74) is 7.87. The zero-order valence-electron chi connectivity index (χ0n) is 9.83. The predicted octanol–water partition coefficient (Wildman–Crippen LogP) is 0.535. The largest absolute Gasteiger partial charge is 0.326 e. The van der Waals surface area contributed by atoms with Crippen molar-refractivity contribution in [3.05, 3.63) is 29.3 Å². The number of rotatable bonds is 3. The van der Waals surface area contributed by atoms with Gasteiger partial charge in [0.1, 0.15) is 0 Å². The first kappa shape index (κ1) is 11.6. The van der Waals surface area contributed by atoms with Crippen LogP contribution in [0.1, 0.15) is 24.0 Å². The molecule has 0 aliphatic carbocycles. The van der Waals surface area contributed by atoms with Gasteiger partial charge in [-0.15, -0.1) is 0 Å². The van der Waals surface area contributed by atoms with Gasteiger partial charge in [-0.2, -0.15) is 0 Å². The number of nitrogens with one attached hydrogen (secondary N) is 3. The highest BCUT2D eigenvalue weighted by molar-refractivity contribution is 5.99. The first-order valence-electron chi connectivity index (χ1n) is 5.51. The second kappa shape index (κ2) is 4.55. The third-order valence-corrected chi connectivity index (χ3v) is 2.90. The van der Waals surface area contributed by atoms with Crippen molar-refractivity contribution in [1.29, 1.82) is 0 Å². The number of carbonyl (C=O) groups is 2. The minimum absolute atomic E-state index is 0.00415. The fourth-order valence-corrected chi connectivity index (χ4v) is 1.90. The molecule has 1 aliphatic rings. The van der Waals surface area contributed by atoms with Crippen LogP contribution in [0.2, 0.25) is 0 Å². The molecule has 0 spiro atoms. The highest BCUT2D eigenvalue weighted by Gasteiger charge is 2.21. The second-order valence-corrected chi connectivity index (χ2v) is 4.10. The molecule has 1 aliphatic heterocycles. The molecule has 5 nitrogen and oxygen atoms in total. The molecular weight excluding hydrogens is 218 g/mol. The van der Waals surface area contributed by atoms with E-state index in [9.17, 15) is 9.59 Å². The average Bonchev–Trinajstić information content (AvgIpc) is 2.67. The van der Waals surface area contributed by atoms with E-state index in [-0.39, 0.29) is 17.7 Å². The lowest BCUT2D eigenvalue weighted by atomic mass is 9.97. The van der Waals surface area contributed by atoms with Gasteiger partial charge in [-0.05, 0) is 24.1 Å². The van der Waals surface area contributed by atoms with E-state index in [2.05, 4.69) is 16.2 Å². The third-order valence-electron chi connectivity index (χ3n) is 2.90. The van der Waals surface area contributed by atoms with Gasteiger partial charge in [0.25, 0.3) is 0 Å².